The summed E-state index contributed by atoms with van der Waals surface area (Å²) in [6, 6.07) is 20.8. The Labute approximate surface area is 210 Å². The van der Waals surface area contributed by atoms with Crippen molar-refractivity contribution in [3.05, 3.63) is 99.0 Å². The molecule has 5 nitrogen and oxygen atoms in total. The number of nitrogens with one attached hydrogen (secondary N) is 1. The van der Waals surface area contributed by atoms with Gasteiger partial charge in [0.1, 0.15) is 11.8 Å². The molecule has 3 aromatic carbocycles. The van der Waals surface area contributed by atoms with Gasteiger partial charge in [-0.1, -0.05) is 70.5 Å². The summed E-state index contributed by atoms with van der Waals surface area (Å²) < 4.78 is 6.93. The van der Waals surface area contributed by atoms with Crippen LogP contribution in [0.1, 0.15) is 27.8 Å². The van der Waals surface area contributed by atoms with Crippen molar-refractivity contribution in [1.29, 1.82) is 0 Å². The first kappa shape index (κ1) is 25.5. The molecule has 3 rings (SSSR count). The van der Waals surface area contributed by atoms with Gasteiger partial charge < -0.3 is 15.0 Å². The number of carbonyl (C=O) groups is 2. The Kier molecular flexibility index (Phi) is 8.88. The van der Waals surface area contributed by atoms with E-state index < -0.39 is 6.04 Å². The molecule has 0 saturated carbocycles. The van der Waals surface area contributed by atoms with E-state index in [0.29, 0.717) is 18.7 Å². The van der Waals surface area contributed by atoms with Crippen LogP contribution in [0.2, 0.25) is 0 Å². The number of likely N-dealkylation sites (N-methyl/N-ethyl adjacent to an activating group) is 1. The minimum atomic E-state index is -0.670. The lowest BCUT2D eigenvalue weighted by Crippen LogP contribution is -2.51. The van der Waals surface area contributed by atoms with Crippen LogP contribution in [-0.2, 0) is 22.6 Å². The number of ether oxygens (including phenoxy) is 1. The van der Waals surface area contributed by atoms with Gasteiger partial charge in [-0.2, -0.15) is 0 Å². The smallest absolute Gasteiger partial charge is 0.261 e. The Morgan fingerprint density at radius 1 is 0.941 bits per heavy atom. The van der Waals surface area contributed by atoms with Crippen molar-refractivity contribution in [2.24, 2.45) is 0 Å². The van der Waals surface area contributed by atoms with Gasteiger partial charge in [0.05, 0.1) is 0 Å². The highest BCUT2D eigenvalue weighted by atomic mass is 79.9. The number of nitrogens with zero attached hydrogens (tertiary/aromatic N) is 1. The largest absolute Gasteiger partial charge is 0.484 e. The van der Waals surface area contributed by atoms with E-state index in [1.807, 2.05) is 87.5 Å². The summed E-state index contributed by atoms with van der Waals surface area (Å²) in [5, 5.41) is 2.74. The van der Waals surface area contributed by atoms with Crippen LogP contribution in [0, 0.1) is 20.8 Å². The van der Waals surface area contributed by atoms with E-state index in [1.165, 1.54) is 0 Å². The van der Waals surface area contributed by atoms with Gasteiger partial charge >= 0.3 is 0 Å². The Hall–Kier alpha value is -3.12. The minimum Gasteiger partial charge on any atom is -0.484 e. The normalized spacial score (nSPS) is 11.6. The van der Waals surface area contributed by atoms with Crippen LogP contribution in [-0.4, -0.2) is 36.4 Å². The monoisotopic (exact) mass is 522 g/mol. The van der Waals surface area contributed by atoms with Gasteiger partial charge in [0.2, 0.25) is 5.91 Å². The van der Waals surface area contributed by atoms with Crippen LogP contribution >= 0.6 is 15.9 Å². The molecule has 0 aliphatic rings. The third-order valence-electron chi connectivity index (χ3n) is 5.89. The zero-order valence-corrected chi connectivity index (χ0v) is 21.7. The molecule has 1 N–H and O–H groups in total. The maximum atomic E-state index is 13.5. The quantitative estimate of drug-likeness (QED) is 0.423. The molecule has 1 atom stereocenters. The van der Waals surface area contributed by atoms with Crippen LogP contribution in [0.15, 0.2) is 71.2 Å². The second-order valence-corrected chi connectivity index (χ2v) is 9.22. The number of benzene rings is 3. The molecule has 2 amide bonds. The summed E-state index contributed by atoms with van der Waals surface area (Å²) in [6.07, 6.45) is 0.411. The zero-order valence-electron chi connectivity index (χ0n) is 20.1. The third kappa shape index (κ3) is 6.48. The first-order valence-corrected chi connectivity index (χ1v) is 12.1. The fourth-order valence-electron chi connectivity index (χ4n) is 3.91. The molecule has 0 aliphatic carbocycles. The Morgan fingerprint density at radius 2 is 1.56 bits per heavy atom. The summed E-state index contributed by atoms with van der Waals surface area (Å²) in [5.41, 5.74) is 5.11. The van der Waals surface area contributed by atoms with Crippen molar-refractivity contribution in [1.82, 2.24) is 10.2 Å². The van der Waals surface area contributed by atoms with Crippen molar-refractivity contribution in [3.8, 4) is 5.75 Å². The molecule has 0 aromatic heterocycles. The van der Waals surface area contributed by atoms with Crippen molar-refractivity contribution < 1.29 is 14.3 Å². The summed E-state index contributed by atoms with van der Waals surface area (Å²) in [4.78, 5) is 28.2. The minimum absolute atomic E-state index is 0.158. The molecular weight excluding hydrogens is 492 g/mol. The first-order chi connectivity index (χ1) is 16.3. The van der Waals surface area contributed by atoms with E-state index in [0.717, 1.165) is 32.3 Å². The highest BCUT2D eigenvalue weighted by Crippen LogP contribution is 2.26. The van der Waals surface area contributed by atoms with Crippen LogP contribution < -0.4 is 10.1 Å². The fourth-order valence-corrected chi connectivity index (χ4v) is 4.14. The van der Waals surface area contributed by atoms with Crippen molar-refractivity contribution in [2.45, 2.75) is 39.8 Å². The summed E-state index contributed by atoms with van der Waals surface area (Å²) >= 11 is 3.56. The van der Waals surface area contributed by atoms with Crippen molar-refractivity contribution in [2.75, 3.05) is 13.7 Å². The molecule has 0 saturated heterocycles. The predicted octanol–water partition coefficient (Wildman–Crippen LogP) is 5.14. The number of rotatable bonds is 9. The number of amides is 2. The third-order valence-corrected chi connectivity index (χ3v) is 7.14. The average Bonchev–Trinajstić information content (AvgIpc) is 2.84. The van der Waals surface area contributed by atoms with Gasteiger partial charge in [0, 0.05) is 24.5 Å². The van der Waals surface area contributed by atoms with Crippen LogP contribution in [0.4, 0.5) is 0 Å². The van der Waals surface area contributed by atoms with Crippen LogP contribution in [0.3, 0.4) is 0 Å². The van der Waals surface area contributed by atoms with Gasteiger partial charge in [-0.3, -0.25) is 9.59 Å². The molecule has 178 valence electrons. The maximum Gasteiger partial charge on any atom is 0.261 e. The molecule has 0 unspecified atom stereocenters. The first-order valence-electron chi connectivity index (χ1n) is 11.3. The average molecular weight is 523 g/mol. The second kappa shape index (κ2) is 11.8. The number of aryl methyl sites for hydroxylation is 3. The molecule has 0 heterocycles. The molecule has 3 aromatic rings. The van der Waals surface area contributed by atoms with E-state index in [2.05, 4.69) is 21.2 Å². The maximum absolute atomic E-state index is 13.5. The SMILES string of the molecule is CNC(=O)[C@@H](Cc1ccccc1)N(Cc1ccccc1C)C(=O)COc1cc(C)c(Br)c(C)c1. The highest BCUT2D eigenvalue weighted by molar-refractivity contribution is 9.10. The van der Waals surface area contributed by atoms with Crippen LogP contribution in [0.25, 0.3) is 0 Å². The summed E-state index contributed by atoms with van der Waals surface area (Å²) in [6.45, 7) is 6.14. The lowest BCUT2D eigenvalue weighted by atomic mass is 10.0. The van der Waals surface area contributed by atoms with E-state index >= 15 is 0 Å². The number of hydrogen-bond donors (Lipinski definition) is 1. The van der Waals surface area contributed by atoms with E-state index in [9.17, 15) is 9.59 Å². The molecule has 6 heteroatoms. The van der Waals surface area contributed by atoms with Crippen LogP contribution in [0.5, 0.6) is 5.75 Å². The molecule has 0 bridgehead atoms. The number of carbonyl (C=O) groups excluding carboxylic acids is 2. The zero-order chi connectivity index (χ0) is 24.7. The van der Waals surface area contributed by atoms with E-state index in [4.69, 9.17) is 4.74 Å². The molecule has 0 aliphatic heterocycles. The van der Waals surface area contributed by atoms with Gasteiger partial charge in [0.25, 0.3) is 5.91 Å². The standard InChI is InChI=1S/C28H31BrN2O3/c1-19-10-8-9-13-23(19)17-31(25(28(33)30-4)16-22-11-6-5-7-12-22)26(32)18-34-24-14-20(2)27(29)21(3)15-24/h5-15,25H,16-18H2,1-4H3,(H,30,33)/t25-/m1/s1. The molecular formula is C28H31BrN2O3. The van der Waals surface area contributed by atoms with E-state index in [-0.39, 0.29) is 18.4 Å². The topological polar surface area (TPSA) is 58.6 Å². The lowest BCUT2D eigenvalue weighted by molar-refractivity contribution is -0.142. The summed E-state index contributed by atoms with van der Waals surface area (Å²) in [7, 11) is 1.60. The number of hydrogen-bond acceptors (Lipinski definition) is 3. The van der Waals surface area contributed by atoms with Gasteiger partial charge in [-0.05, 0) is 60.7 Å². The fraction of sp³-hybridized carbons (Fsp3) is 0.286. The van der Waals surface area contributed by atoms with E-state index in [1.54, 1.807) is 11.9 Å². The second-order valence-electron chi connectivity index (χ2n) is 8.43. The van der Waals surface area contributed by atoms with Crippen molar-refractivity contribution in [3.63, 3.8) is 0 Å². The summed E-state index contributed by atoms with van der Waals surface area (Å²) in [5.74, 6) is 0.175. The van der Waals surface area contributed by atoms with Crippen molar-refractivity contribution >= 4 is 27.7 Å². The van der Waals surface area contributed by atoms with Gasteiger partial charge in [0.15, 0.2) is 6.61 Å². The Morgan fingerprint density at radius 3 is 2.18 bits per heavy atom. The van der Waals surface area contributed by atoms with Gasteiger partial charge in [-0.15, -0.1) is 0 Å². The molecule has 0 spiro atoms. The molecule has 0 fully saturated rings. The van der Waals surface area contributed by atoms with Gasteiger partial charge in [-0.25, -0.2) is 0 Å². The highest BCUT2D eigenvalue weighted by Gasteiger charge is 2.30. The Bertz CT molecular complexity index is 1120. The lowest BCUT2D eigenvalue weighted by Gasteiger charge is -2.31. The molecule has 34 heavy (non-hydrogen) atoms. The molecule has 0 radical (unpaired) electrons. The number of halogens is 1. The Balaban J connectivity index is 1.90. The predicted molar refractivity (Wildman–Crippen MR) is 139 cm³/mol.